The summed E-state index contributed by atoms with van der Waals surface area (Å²) in [7, 11) is 0. The molecule has 0 aromatic carbocycles. The first-order chi connectivity index (χ1) is 19.4. The monoisotopic (exact) mass is 848 g/mol. The second-order valence-corrected chi connectivity index (χ2v) is 61.8. The summed E-state index contributed by atoms with van der Waals surface area (Å²) in [5.41, 5.74) is 15.1. The zero-order valence-corrected chi connectivity index (χ0v) is 36.9. The van der Waals surface area contributed by atoms with Gasteiger partial charge in [-0.05, 0) is 0 Å². The molecular weight excluding hydrogens is 803 g/mol. The van der Waals surface area contributed by atoms with Crippen molar-refractivity contribution in [1.29, 1.82) is 0 Å². The van der Waals surface area contributed by atoms with Crippen LogP contribution >= 0.6 is 45.3 Å². The van der Waals surface area contributed by atoms with Gasteiger partial charge in [-0.15, -0.1) is 0 Å². The van der Waals surface area contributed by atoms with Crippen LogP contribution in [0.4, 0.5) is 0 Å². The molecule has 8 heteroatoms. The first kappa shape index (κ1) is 27.3. The van der Waals surface area contributed by atoms with E-state index in [-0.39, 0.29) is 0 Å². The summed E-state index contributed by atoms with van der Waals surface area (Å²) in [4.78, 5) is 0. The Kier molecular flexibility index (Phi) is 5.74. The predicted octanol–water partition coefficient (Wildman–Crippen LogP) is 6.58. The van der Waals surface area contributed by atoms with Crippen molar-refractivity contribution in [3.63, 3.8) is 0 Å². The fourth-order valence-corrected chi connectivity index (χ4v) is 82.0. The molecule has 0 amide bonds. The van der Waals surface area contributed by atoms with Gasteiger partial charge >= 0.3 is 270 Å². The molecule has 208 valence electrons. The van der Waals surface area contributed by atoms with Gasteiger partial charge in [0.05, 0.1) is 0 Å². The van der Waals surface area contributed by atoms with E-state index in [2.05, 4.69) is 101 Å². The topological polar surface area (TPSA) is 0 Å². The van der Waals surface area contributed by atoms with E-state index in [0.29, 0.717) is 0 Å². The molecule has 40 heavy (non-hydrogen) atoms. The summed E-state index contributed by atoms with van der Waals surface area (Å²) in [5.74, 6) is 0. The molecule has 4 aliphatic heterocycles. The number of hydrogen-bond acceptors (Lipinski definition) is 4. The van der Waals surface area contributed by atoms with Crippen LogP contribution in [0.2, 0.25) is 42.0 Å². The molecule has 0 radical (unpaired) electrons. The van der Waals surface area contributed by atoms with E-state index in [0.717, 1.165) is 0 Å². The Labute approximate surface area is 266 Å². The molecule has 5 aliphatic rings. The fraction of sp³-hybridized carbons (Fsp3) is 0.500. The molecular formula is C32H40Ge4S4. The van der Waals surface area contributed by atoms with Crippen molar-refractivity contribution >= 4 is 128 Å². The molecule has 4 aromatic heterocycles. The van der Waals surface area contributed by atoms with Crippen LogP contribution in [0.3, 0.4) is 0 Å². The van der Waals surface area contributed by atoms with Crippen LogP contribution < -0.4 is 29.7 Å². The van der Waals surface area contributed by atoms with Crippen LogP contribution in [-0.4, -0.2) is 53.1 Å². The molecule has 1 aliphatic carbocycles. The van der Waals surface area contributed by atoms with Gasteiger partial charge < -0.3 is 0 Å². The Hall–Kier alpha value is 0.971. The molecule has 9 rings (SSSR count). The molecule has 8 heterocycles. The summed E-state index contributed by atoms with van der Waals surface area (Å²) >= 11 is 0.307. The third-order valence-corrected chi connectivity index (χ3v) is 76.6. The second-order valence-electron chi connectivity index (χ2n) is 13.2. The van der Waals surface area contributed by atoms with Crippen molar-refractivity contribution < 1.29 is 0 Å². The van der Waals surface area contributed by atoms with Crippen molar-refractivity contribution in [3.05, 3.63) is 0 Å². The number of thiophene rings is 4. The van der Waals surface area contributed by atoms with Crippen LogP contribution in [0.15, 0.2) is 0 Å². The minimum atomic E-state index is -2.38. The van der Waals surface area contributed by atoms with Gasteiger partial charge in [-0.2, -0.15) is 0 Å². The van der Waals surface area contributed by atoms with E-state index in [1.165, 1.54) is 42.0 Å². The number of hydrogen-bond donors (Lipinski definition) is 0. The average molecular weight is 843 g/mol. The molecule has 0 N–H and O–H groups in total. The van der Waals surface area contributed by atoms with E-state index in [4.69, 9.17) is 0 Å². The fourth-order valence-electron chi connectivity index (χ4n) is 10.3. The Balaban J connectivity index is 1.59. The Morgan fingerprint density at radius 1 is 0.275 bits per heavy atom. The third kappa shape index (κ3) is 2.40. The third-order valence-electron chi connectivity index (χ3n) is 12.9. The van der Waals surface area contributed by atoms with E-state index in [1.54, 1.807) is 0 Å². The van der Waals surface area contributed by atoms with Crippen molar-refractivity contribution in [2.45, 2.75) is 97.4 Å². The van der Waals surface area contributed by atoms with E-state index in [9.17, 15) is 0 Å². The zero-order chi connectivity index (χ0) is 27.7. The van der Waals surface area contributed by atoms with Gasteiger partial charge in [0.2, 0.25) is 0 Å². The Morgan fingerprint density at radius 3 is 0.500 bits per heavy atom. The predicted molar refractivity (Wildman–Crippen MR) is 197 cm³/mol. The Bertz CT molecular complexity index is 1410. The zero-order valence-electron chi connectivity index (χ0n) is 25.3. The molecule has 0 fully saturated rings. The molecule has 0 saturated heterocycles. The van der Waals surface area contributed by atoms with Gasteiger partial charge in [-0.25, -0.2) is 0 Å². The molecule has 0 nitrogen and oxygen atoms in total. The van der Waals surface area contributed by atoms with Crippen LogP contribution in [0.1, 0.15) is 55.4 Å². The molecule has 0 spiro atoms. The van der Waals surface area contributed by atoms with Crippen LogP contribution in [0, 0.1) is 0 Å². The van der Waals surface area contributed by atoms with Crippen LogP contribution in [0.5, 0.6) is 0 Å². The summed E-state index contributed by atoms with van der Waals surface area (Å²) in [6, 6.07) is 0. The summed E-state index contributed by atoms with van der Waals surface area (Å²) in [6.07, 6.45) is 0. The second kappa shape index (κ2) is 8.41. The van der Waals surface area contributed by atoms with Crippen molar-refractivity contribution in [2.75, 3.05) is 0 Å². The summed E-state index contributed by atoms with van der Waals surface area (Å²) in [5, 5.41) is 11.7. The van der Waals surface area contributed by atoms with E-state index in [1.807, 2.05) is 74.2 Å². The summed E-state index contributed by atoms with van der Waals surface area (Å²) < 4.78 is 16.1. The SMILES string of the molecule is C[CH2][Ge]1([CH2]C)[c]2s[c]3c4c2-c2[c]1s[c]1c2-c2[c](s[c]5c2-c2[c](s[c](c2-4)[Ge]3([CH2]C)[CH2]C)[Ge]5([CH2]C)[CH2]C)[Ge]1([CH2]C)[CH2]C. The molecule has 0 bridgehead atoms. The van der Waals surface area contributed by atoms with Crippen molar-refractivity contribution in [2.24, 2.45) is 0 Å². The number of rotatable bonds is 8. The maximum atomic E-state index is 2.60. The standard InChI is InChI=1S/C32H40Ge4S4/c1-9-33(10-2)25-17-18-20-22-24-23-21-19(17)27(37-25)34(11-3,12-4)29(21)39-31(23)36(15-7,16-8)32(24)40-30(22)35(13-5,14-6)28(20)38-26(18)33/h9-16H2,1-8H3. The van der Waals surface area contributed by atoms with E-state index < -0.39 is 53.1 Å². The first-order valence-electron chi connectivity index (χ1n) is 16.1. The van der Waals surface area contributed by atoms with Crippen LogP contribution in [-0.2, 0) is 0 Å². The van der Waals surface area contributed by atoms with Crippen LogP contribution in [0.25, 0.3) is 44.5 Å². The summed E-state index contributed by atoms with van der Waals surface area (Å²) in [6.45, 7) is 20.8. The van der Waals surface area contributed by atoms with Gasteiger partial charge in [0.1, 0.15) is 0 Å². The maximum absolute atomic E-state index is 2.60. The normalized spacial score (nSPS) is 20.6. The molecule has 0 unspecified atom stereocenters. The Morgan fingerprint density at radius 2 is 0.400 bits per heavy atom. The average Bonchev–Trinajstić information content (AvgIpc) is 3.80. The van der Waals surface area contributed by atoms with Gasteiger partial charge in [0, 0.05) is 0 Å². The van der Waals surface area contributed by atoms with Gasteiger partial charge in [0.25, 0.3) is 0 Å². The molecule has 4 aromatic rings. The molecule has 0 atom stereocenters. The first-order valence-corrected chi connectivity index (χ1v) is 39.6. The van der Waals surface area contributed by atoms with Crippen molar-refractivity contribution in [3.8, 4) is 44.5 Å². The van der Waals surface area contributed by atoms with Gasteiger partial charge in [-0.3, -0.25) is 0 Å². The van der Waals surface area contributed by atoms with Gasteiger partial charge in [-0.1, -0.05) is 0 Å². The van der Waals surface area contributed by atoms with E-state index >= 15 is 0 Å². The quantitative estimate of drug-likeness (QED) is 0.155. The molecule has 0 saturated carbocycles. The van der Waals surface area contributed by atoms with Gasteiger partial charge in [0.15, 0.2) is 0 Å². The van der Waals surface area contributed by atoms with Crippen molar-refractivity contribution in [1.82, 2.24) is 0 Å². The minimum absolute atomic E-state index is 1.46.